The maximum atomic E-state index is 12.6. The summed E-state index contributed by atoms with van der Waals surface area (Å²) in [5.74, 6) is -0.0651. The van der Waals surface area contributed by atoms with Crippen molar-refractivity contribution in [3.05, 3.63) is 48.6 Å². The van der Waals surface area contributed by atoms with Crippen molar-refractivity contribution >= 4 is 5.91 Å². The monoisotopic (exact) mass is 1130 g/mol. The van der Waals surface area contributed by atoms with E-state index >= 15 is 0 Å². The van der Waals surface area contributed by atoms with E-state index in [2.05, 4.69) is 55.6 Å². The number of rotatable bonds is 70. The van der Waals surface area contributed by atoms with Gasteiger partial charge in [0.15, 0.2) is 0 Å². The second-order valence-corrected chi connectivity index (χ2v) is 25.7. The van der Waals surface area contributed by atoms with Crippen molar-refractivity contribution in [3.8, 4) is 0 Å². The molecule has 3 N–H and O–H groups in total. The fourth-order valence-corrected chi connectivity index (χ4v) is 11.9. The van der Waals surface area contributed by atoms with Gasteiger partial charge in [0, 0.05) is 6.42 Å². The van der Waals surface area contributed by atoms with Gasteiger partial charge in [-0.15, -0.1) is 0 Å². The zero-order valence-electron chi connectivity index (χ0n) is 55.3. The lowest BCUT2D eigenvalue weighted by Crippen LogP contribution is -2.45. The molecule has 1 amide bonds. The number of carbonyl (C=O) groups excluding carboxylic acids is 1. The first kappa shape index (κ1) is 79.3. The van der Waals surface area contributed by atoms with Gasteiger partial charge in [0.2, 0.25) is 5.91 Å². The van der Waals surface area contributed by atoms with E-state index in [1.165, 1.54) is 360 Å². The van der Waals surface area contributed by atoms with E-state index in [0.29, 0.717) is 6.42 Å². The third-order valence-electron chi connectivity index (χ3n) is 17.5. The molecule has 0 bridgehead atoms. The summed E-state index contributed by atoms with van der Waals surface area (Å²) in [4.78, 5) is 12.6. The van der Waals surface area contributed by atoms with Crippen molar-refractivity contribution in [2.75, 3.05) is 6.61 Å². The predicted octanol–water partition coefficient (Wildman–Crippen LogP) is 25.7. The van der Waals surface area contributed by atoms with Crippen LogP contribution >= 0.6 is 0 Å². The minimum Gasteiger partial charge on any atom is -0.394 e. The van der Waals surface area contributed by atoms with Crippen LogP contribution in [0.2, 0.25) is 0 Å². The topological polar surface area (TPSA) is 69.6 Å². The summed E-state index contributed by atoms with van der Waals surface area (Å²) in [7, 11) is 0. The Morgan fingerprint density at radius 1 is 0.296 bits per heavy atom. The first-order valence-electron chi connectivity index (χ1n) is 37.4. The first-order valence-corrected chi connectivity index (χ1v) is 37.4. The van der Waals surface area contributed by atoms with Crippen LogP contribution in [0.5, 0.6) is 0 Å². The molecule has 2 unspecified atom stereocenters. The standard InChI is InChI=1S/C77H147NO3/c1-3-5-7-9-11-13-15-17-19-21-23-25-27-29-31-33-35-36-37-38-39-40-41-42-43-45-47-49-51-53-55-57-59-61-63-65-67-69-71-73-77(81)78-75(74-79)76(80)72-70-68-66-64-62-60-58-56-54-52-50-48-46-44-34-32-30-28-26-24-22-20-18-16-14-12-10-8-6-4-2/h15,17,21,23,62,64,70,72,75-76,79-80H,3-14,16,18-20,22,24-61,63,65-69,71,73-74H2,1-2H3,(H,78,81)/b17-15-,23-21-,64-62+,72-70+. The van der Waals surface area contributed by atoms with Crippen molar-refractivity contribution in [1.82, 2.24) is 5.32 Å². The Morgan fingerprint density at radius 3 is 0.790 bits per heavy atom. The predicted molar refractivity (Wildman–Crippen MR) is 364 cm³/mol. The molecule has 0 aromatic carbocycles. The zero-order valence-corrected chi connectivity index (χ0v) is 55.3. The second-order valence-electron chi connectivity index (χ2n) is 25.7. The Balaban J connectivity index is 3.42. The molecule has 0 saturated carbocycles. The average Bonchev–Trinajstić information content (AvgIpc) is 3.47. The summed E-state index contributed by atoms with van der Waals surface area (Å²) in [6.45, 7) is 4.33. The number of hydrogen-bond acceptors (Lipinski definition) is 3. The van der Waals surface area contributed by atoms with Crippen LogP contribution in [0, 0.1) is 0 Å². The molecule has 0 aliphatic carbocycles. The molecule has 0 aromatic rings. The van der Waals surface area contributed by atoms with Crippen LogP contribution in [0.15, 0.2) is 48.6 Å². The molecule has 478 valence electrons. The average molecular weight is 1140 g/mol. The van der Waals surface area contributed by atoms with Crippen molar-refractivity contribution in [2.45, 2.75) is 431 Å². The van der Waals surface area contributed by atoms with Gasteiger partial charge in [0.1, 0.15) is 0 Å². The highest BCUT2D eigenvalue weighted by Crippen LogP contribution is 2.19. The number of carbonyl (C=O) groups is 1. The van der Waals surface area contributed by atoms with Gasteiger partial charge in [0.25, 0.3) is 0 Å². The Labute approximate surface area is 509 Å². The quantitative estimate of drug-likeness (QED) is 0.0420. The van der Waals surface area contributed by atoms with Crippen molar-refractivity contribution < 1.29 is 15.0 Å². The number of amides is 1. The molecule has 2 atom stereocenters. The number of nitrogens with one attached hydrogen (secondary N) is 1. The molecule has 4 nitrogen and oxygen atoms in total. The highest BCUT2D eigenvalue weighted by molar-refractivity contribution is 5.76. The van der Waals surface area contributed by atoms with Crippen LogP contribution < -0.4 is 5.32 Å². The molecule has 0 aliphatic heterocycles. The van der Waals surface area contributed by atoms with Crippen molar-refractivity contribution in [1.29, 1.82) is 0 Å². The van der Waals surface area contributed by atoms with Crippen LogP contribution in [0.4, 0.5) is 0 Å². The molecule has 0 heterocycles. The molecule has 0 saturated heterocycles. The minimum atomic E-state index is -0.863. The summed E-state index contributed by atoms with van der Waals surface area (Å²) in [5, 5.41) is 23.3. The van der Waals surface area contributed by atoms with Gasteiger partial charge in [-0.25, -0.2) is 0 Å². The van der Waals surface area contributed by atoms with E-state index in [1.54, 1.807) is 6.08 Å². The molecule has 0 fully saturated rings. The fraction of sp³-hybridized carbons (Fsp3) is 0.883. The van der Waals surface area contributed by atoms with E-state index < -0.39 is 12.1 Å². The van der Waals surface area contributed by atoms with Gasteiger partial charge in [-0.1, -0.05) is 396 Å². The maximum absolute atomic E-state index is 12.6. The van der Waals surface area contributed by atoms with Crippen molar-refractivity contribution in [3.63, 3.8) is 0 Å². The third-order valence-corrected chi connectivity index (χ3v) is 17.5. The van der Waals surface area contributed by atoms with E-state index in [0.717, 1.165) is 38.5 Å². The normalized spacial score (nSPS) is 12.9. The first-order chi connectivity index (χ1) is 40.2. The van der Waals surface area contributed by atoms with Gasteiger partial charge >= 0.3 is 0 Å². The van der Waals surface area contributed by atoms with Crippen molar-refractivity contribution in [2.24, 2.45) is 0 Å². The van der Waals surface area contributed by atoms with Gasteiger partial charge in [-0.2, -0.15) is 0 Å². The maximum Gasteiger partial charge on any atom is 0.220 e. The zero-order chi connectivity index (χ0) is 58.4. The number of aliphatic hydroxyl groups is 2. The Morgan fingerprint density at radius 2 is 0.519 bits per heavy atom. The Kier molecular flexibility index (Phi) is 71.1. The highest BCUT2D eigenvalue weighted by atomic mass is 16.3. The minimum absolute atomic E-state index is 0.0651. The fourth-order valence-electron chi connectivity index (χ4n) is 11.9. The smallest absolute Gasteiger partial charge is 0.220 e. The van der Waals surface area contributed by atoms with Crippen LogP contribution in [0.25, 0.3) is 0 Å². The largest absolute Gasteiger partial charge is 0.394 e. The highest BCUT2D eigenvalue weighted by Gasteiger charge is 2.18. The molecular weight excluding hydrogens is 987 g/mol. The Bertz CT molecular complexity index is 1290. The Hall–Kier alpha value is -1.65. The van der Waals surface area contributed by atoms with Gasteiger partial charge in [-0.05, 0) is 64.2 Å². The van der Waals surface area contributed by atoms with Crippen LogP contribution in [-0.4, -0.2) is 34.9 Å². The van der Waals surface area contributed by atoms with Gasteiger partial charge < -0.3 is 15.5 Å². The van der Waals surface area contributed by atoms with E-state index in [9.17, 15) is 15.0 Å². The lowest BCUT2D eigenvalue weighted by Gasteiger charge is -2.19. The summed E-state index contributed by atoms with van der Waals surface area (Å²) in [6.07, 6.45) is 102. The molecular formula is C77H147NO3. The molecule has 81 heavy (non-hydrogen) atoms. The molecule has 0 rings (SSSR count). The molecule has 0 spiro atoms. The van der Waals surface area contributed by atoms with Crippen LogP contribution in [0.3, 0.4) is 0 Å². The SMILES string of the molecule is CCCCCCC/C=C\C/C=C\CCCCCCCCCCCCCCCCCCCCCCCCCCCCCC(=O)NC(CO)C(O)/C=C/CC/C=C/CCCCCCCCCCCCCCCCCCCCCCCCCC. The number of allylic oxidation sites excluding steroid dienone is 7. The van der Waals surface area contributed by atoms with Gasteiger partial charge in [0.05, 0.1) is 18.8 Å². The van der Waals surface area contributed by atoms with E-state index in [1.807, 2.05) is 6.08 Å². The van der Waals surface area contributed by atoms with E-state index in [-0.39, 0.29) is 12.5 Å². The van der Waals surface area contributed by atoms with Gasteiger partial charge in [-0.3, -0.25) is 4.79 Å². The van der Waals surface area contributed by atoms with Crippen LogP contribution in [0.1, 0.15) is 418 Å². The lowest BCUT2D eigenvalue weighted by atomic mass is 10.0. The second kappa shape index (κ2) is 72.6. The van der Waals surface area contributed by atoms with E-state index in [4.69, 9.17) is 0 Å². The summed E-state index contributed by atoms with van der Waals surface area (Å²) in [5.41, 5.74) is 0. The molecule has 0 aliphatic rings. The third kappa shape index (κ3) is 69.0. The summed E-state index contributed by atoms with van der Waals surface area (Å²) < 4.78 is 0. The molecule has 0 aromatic heterocycles. The number of unbranched alkanes of at least 4 members (excludes halogenated alkanes) is 57. The number of hydrogen-bond donors (Lipinski definition) is 3. The molecule has 0 radical (unpaired) electrons. The molecule has 4 heteroatoms. The number of aliphatic hydroxyl groups excluding tert-OH is 2. The summed E-state index contributed by atoms with van der Waals surface area (Å²) >= 11 is 0. The lowest BCUT2D eigenvalue weighted by molar-refractivity contribution is -0.123. The summed E-state index contributed by atoms with van der Waals surface area (Å²) in [6, 6.07) is -0.640. The van der Waals surface area contributed by atoms with Crippen LogP contribution in [-0.2, 0) is 4.79 Å².